The number of hydrogen-bond donors (Lipinski definition) is 2. The Morgan fingerprint density at radius 1 is 1.35 bits per heavy atom. The summed E-state index contributed by atoms with van der Waals surface area (Å²) in [6.07, 6.45) is 7.00. The van der Waals surface area contributed by atoms with Crippen LogP contribution in [0.15, 0.2) is 30.3 Å². The van der Waals surface area contributed by atoms with Gasteiger partial charge in [0.05, 0.1) is 0 Å². The number of amides is 2. The van der Waals surface area contributed by atoms with Gasteiger partial charge in [-0.3, -0.25) is 9.59 Å². The Kier molecular flexibility index (Phi) is 6.35. The van der Waals surface area contributed by atoms with Crippen molar-refractivity contribution in [3.05, 3.63) is 41.5 Å². The van der Waals surface area contributed by atoms with Crippen molar-refractivity contribution in [1.29, 1.82) is 0 Å². The fourth-order valence-electron chi connectivity index (χ4n) is 2.91. The highest BCUT2D eigenvalue weighted by molar-refractivity contribution is 5.95. The van der Waals surface area contributed by atoms with Gasteiger partial charge in [0.15, 0.2) is 0 Å². The van der Waals surface area contributed by atoms with E-state index in [0.717, 1.165) is 37.8 Å². The second-order valence-corrected chi connectivity index (χ2v) is 5.73. The molecule has 2 amide bonds. The van der Waals surface area contributed by atoms with Crippen molar-refractivity contribution in [1.82, 2.24) is 10.2 Å². The highest BCUT2D eigenvalue weighted by atomic mass is 16.3. The van der Waals surface area contributed by atoms with Gasteiger partial charge in [-0.05, 0) is 49.5 Å². The molecule has 0 aromatic heterocycles. The van der Waals surface area contributed by atoms with Crippen molar-refractivity contribution in [2.45, 2.75) is 31.7 Å². The van der Waals surface area contributed by atoms with Crippen molar-refractivity contribution < 1.29 is 14.7 Å². The second kappa shape index (κ2) is 8.48. The van der Waals surface area contributed by atoms with E-state index in [2.05, 4.69) is 5.32 Å². The number of carbonyl (C=O) groups excluding carboxylic acids is 2. The summed E-state index contributed by atoms with van der Waals surface area (Å²) < 4.78 is 0. The number of aliphatic hydroxyl groups excluding tert-OH is 1. The molecule has 2 N–H and O–H groups in total. The van der Waals surface area contributed by atoms with Crippen LogP contribution in [0.1, 0.15) is 41.6 Å². The molecule has 1 aromatic carbocycles. The number of nitrogens with zero attached hydrogens (tertiary/aromatic N) is 1. The monoisotopic (exact) mass is 316 g/mol. The van der Waals surface area contributed by atoms with Crippen LogP contribution in [0.3, 0.4) is 0 Å². The maximum Gasteiger partial charge on any atom is 0.251 e. The summed E-state index contributed by atoms with van der Waals surface area (Å²) in [5.41, 5.74) is 1.48. The first-order valence-corrected chi connectivity index (χ1v) is 8.07. The van der Waals surface area contributed by atoms with Crippen LogP contribution in [0.4, 0.5) is 0 Å². The minimum absolute atomic E-state index is 0.0146. The molecule has 1 aliphatic rings. The summed E-state index contributed by atoms with van der Waals surface area (Å²) in [7, 11) is 1.60. The quantitative estimate of drug-likeness (QED) is 0.787. The summed E-state index contributed by atoms with van der Waals surface area (Å²) in [5, 5.41) is 11.5. The lowest BCUT2D eigenvalue weighted by Crippen LogP contribution is -2.34. The Morgan fingerprint density at radius 2 is 2.09 bits per heavy atom. The molecule has 0 spiro atoms. The summed E-state index contributed by atoms with van der Waals surface area (Å²) in [6, 6.07) is 7.37. The minimum atomic E-state index is -0.125. The number of hydrogen-bond acceptors (Lipinski definition) is 3. The van der Waals surface area contributed by atoms with Gasteiger partial charge in [-0.25, -0.2) is 0 Å². The molecule has 0 aliphatic carbocycles. The Labute approximate surface area is 137 Å². The van der Waals surface area contributed by atoms with E-state index in [4.69, 9.17) is 5.11 Å². The molecular formula is C18H24N2O3. The average Bonchev–Trinajstić information content (AvgIpc) is 3.06. The van der Waals surface area contributed by atoms with E-state index in [9.17, 15) is 9.59 Å². The fraction of sp³-hybridized carbons (Fsp3) is 0.444. The predicted octanol–water partition coefficient (Wildman–Crippen LogP) is 1.82. The maximum absolute atomic E-state index is 12.3. The van der Waals surface area contributed by atoms with E-state index >= 15 is 0 Å². The molecule has 5 nitrogen and oxygen atoms in total. The molecule has 0 bridgehead atoms. The van der Waals surface area contributed by atoms with E-state index in [1.807, 2.05) is 17.0 Å². The van der Waals surface area contributed by atoms with E-state index in [1.165, 1.54) is 0 Å². The normalized spacial score (nSPS) is 17.7. The van der Waals surface area contributed by atoms with Crippen LogP contribution in [-0.4, -0.2) is 48.1 Å². The Hall–Kier alpha value is -2.14. The highest BCUT2D eigenvalue weighted by Gasteiger charge is 2.26. The van der Waals surface area contributed by atoms with Crippen LogP contribution in [-0.2, 0) is 4.79 Å². The second-order valence-electron chi connectivity index (χ2n) is 5.73. The zero-order chi connectivity index (χ0) is 16.7. The lowest BCUT2D eigenvalue weighted by Gasteiger charge is -2.23. The summed E-state index contributed by atoms with van der Waals surface area (Å²) in [4.78, 5) is 25.7. The molecule has 1 fully saturated rings. The van der Waals surface area contributed by atoms with E-state index in [-0.39, 0.29) is 24.5 Å². The van der Waals surface area contributed by atoms with Gasteiger partial charge in [-0.2, -0.15) is 0 Å². The number of aliphatic hydroxyl groups is 1. The lowest BCUT2D eigenvalue weighted by atomic mass is 10.1. The molecular weight excluding hydrogens is 292 g/mol. The molecule has 23 heavy (non-hydrogen) atoms. The Bertz CT molecular complexity index is 566. The largest absolute Gasteiger partial charge is 0.396 e. The lowest BCUT2D eigenvalue weighted by molar-refractivity contribution is -0.126. The zero-order valence-corrected chi connectivity index (χ0v) is 13.5. The standard InChI is InChI=1S/C18H24N2O3/c1-19-18(23)15-9-6-14(7-10-15)8-11-17(22)20-12-2-4-16(20)5-3-13-21/h6-11,16,21H,2-5,12-13H2,1H3,(H,19,23)/b11-8+. The van der Waals surface area contributed by atoms with Gasteiger partial charge in [0.1, 0.15) is 0 Å². The van der Waals surface area contributed by atoms with Crippen molar-refractivity contribution in [2.75, 3.05) is 20.2 Å². The first kappa shape index (κ1) is 17.2. The van der Waals surface area contributed by atoms with Crippen molar-refractivity contribution in [3.8, 4) is 0 Å². The number of rotatable bonds is 6. The molecule has 1 saturated heterocycles. The smallest absolute Gasteiger partial charge is 0.251 e. The van der Waals surface area contributed by atoms with Crippen LogP contribution >= 0.6 is 0 Å². The van der Waals surface area contributed by atoms with Crippen molar-refractivity contribution in [3.63, 3.8) is 0 Å². The number of carbonyl (C=O) groups is 2. The average molecular weight is 316 g/mol. The van der Waals surface area contributed by atoms with Gasteiger partial charge >= 0.3 is 0 Å². The molecule has 0 saturated carbocycles. The van der Waals surface area contributed by atoms with Gasteiger partial charge < -0.3 is 15.3 Å². The molecule has 0 radical (unpaired) electrons. The zero-order valence-electron chi connectivity index (χ0n) is 13.5. The van der Waals surface area contributed by atoms with Gasteiger partial charge in [0.2, 0.25) is 5.91 Å². The van der Waals surface area contributed by atoms with Crippen LogP contribution < -0.4 is 5.32 Å². The fourth-order valence-corrected chi connectivity index (χ4v) is 2.91. The number of nitrogens with one attached hydrogen (secondary N) is 1. The topological polar surface area (TPSA) is 69.6 Å². The van der Waals surface area contributed by atoms with Gasteiger partial charge in [0, 0.05) is 37.9 Å². The molecule has 1 atom stereocenters. The first-order valence-electron chi connectivity index (χ1n) is 8.07. The van der Waals surface area contributed by atoms with Crippen molar-refractivity contribution >= 4 is 17.9 Å². The molecule has 124 valence electrons. The SMILES string of the molecule is CNC(=O)c1ccc(/C=C/C(=O)N2CCCC2CCCO)cc1. The summed E-state index contributed by atoms with van der Waals surface area (Å²) >= 11 is 0. The third-order valence-electron chi connectivity index (χ3n) is 4.17. The molecule has 2 rings (SSSR count). The van der Waals surface area contributed by atoms with Gasteiger partial charge in [0.25, 0.3) is 5.91 Å². The molecule has 1 aliphatic heterocycles. The first-order chi connectivity index (χ1) is 11.2. The van der Waals surface area contributed by atoms with E-state index in [1.54, 1.807) is 31.3 Å². The maximum atomic E-state index is 12.3. The van der Waals surface area contributed by atoms with Crippen LogP contribution in [0, 0.1) is 0 Å². The summed E-state index contributed by atoms with van der Waals surface area (Å²) in [5.74, 6) is -0.110. The number of benzene rings is 1. The van der Waals surface area contributed by atoms with Crippen LogP contribution in [0.25, 0.3) is 6.08 Å². The van der Waals surface area contributed by atoms with Crippen molar-refractivity contribution in [2.24, 2.45) is 0 Å². The van der Waals surface area contributed by atoms with Crippen LogP contribution in [0.2, 0.25) is 0 Å². The molecule has 1 heterocycles. The third-order valence-corrected chi connectivity index (χ3v) is 4.17. The van der Waals surface area contributed by atoms with E-state index < -0.39 is 0 Å². The van der Waals surface area contributed by atoms with Crippen LogP contribution in [0.5, 0.6) is 0 Å². The van der Waals surface area contributed by atoms with Gasteiger partial charge in [-0.15, -0.1) is 0 Å². The summed E-state index contributed by atoms with van der Waals surface area (Å²) in [6.45, 7) is 0.959. The Morgan fingerprint density at radius 3 is 2.74 bits per heavy atom. The molecule has 5 heteroatoms. The van der Waals surface area contributed by atoms with E-state index in [0.29, 0.717) is 5.56 Å². The predicted molar refractivity (Wildman–Crippen MR) is 89.9 cm³/mol. The minimum Gasteiger partial charge on any atom is -0.396 e. The highest BCUT2D eigenvalue weighted by Crippen LogP contribution is 2.21. The van der Waals surface area contributed by atoms with Gasteiger partial charge in [-0.1, -0.05) is 12.1 Å². The number of likely N-dealkylation sites (tertiary alicyclic amines) is 1. The molecule has 1 unspecified atom stereocenters. The Balaban J connectivity index is 1.96. The third kappa shape index (κ3) is 4.66. The molecule has 1 aromatic rings.